The third kappa shape index (κ3) is 2.95. The Hall–Kier alpha value is -1.97. The molecule has 0 bridgehead atoms. The molecule has 0 unspecified atom stereocenters. The molecule has 1 fully saturated rings. The summed E-state index contributed by atoms with van der Waals surface area (Å²) in [6.45, 7) is 1.49. The van der Waals surface area contributed by atoms with E-state index in [1.54, 1.807) is 12.1 Å². The molecule has 0 aliphatic heterocycles. The van der Waals surface area contributed by atoms with Gasteiger partial charge in [0, 0.05) is 18.5 Å². The molecule has 0 spiro atoms. The van der Waals surface area contributed by atoms with Gasteiger partial charge in [0.2, 0.25) is 5.91 Å². The lowest BCUT2D eigenvalue weighted by Crippen LogP contribution is -2.40. The number of amides is 1. The summed E-state index contributed by atoms with van der Waals surface area (Å²) in [7, 11) is 0. The first-order valence-corrected chi connectivity index (χ1v) is 6.94. The van der Waals surface area contributed by atoms with Crippen molar-refractivity contribution in [3.8, 4) is 0 Å². The van der Waals surface area contributed by atoms with Gasteiger partial charge in [-0.05, 0) is 38.3 Å². The minimum absolute atomic E-state index is 0.0107. The molecule has 1 amide bonds. The van der Waals surface area contributed by atoms with Gasteiger partial charge in [0.1, 0.15) is 17.0 Å². The molecule has 1 N–H and O–H groups in total. The Labute approximate surface area is 118 Å². The summed E-state index contributed by atoms with van der Waals surface area (Å²) in [5, 5.41) is 2.81. The average molecular weight is 273 g/mol. The molecule has 1 aliphatic rings. The van der Waals surface area contributed by atoms with E-state index in [0.29, 0.717) is 24.9 Å². The van der Waals surface area contributed by atoms with E-state index in [2.05, 4.69) is 5.32 Å². The van der Waals surface area contributed by atoms with Crippen molar-refractivity contribution < 1.29 is 14.4 Å². The van der Waals surface area contributed by atoms with Crippen LogP contribution in [0.2, 0.25) is 0 Å². The fourth-order valence-corrected chi connectivity index (χ4v) is 2.71. The lowest BCUT2D eigenvalue weighted by molar-refractivity contribution is -0.137. The molecule has 2 rings (SSSR count). The molecule has 0 heterocycles. The normalized spacial score (nSPS) is 21.8. The number of Topliss-reactive ketones (excluding diaryl/α,β-unsaturated/α-hetero) is 2. The number of hydrogen-bond donors (Lipinski definition) is 1. The summed E-state index contributed by atoms with van der Waals surface area (Å²) in [6.07, 6.45) is 2.28. The smallest absolute Gasteiger partial charge is 0.238 e. The van der Waals surface area contributed by atoms with E-state index in [4.69, 9.17) is 0 Å². The molecule has 1 aromatic rings. The highest BCUT2D eigenvalue weighted by molar-refractivity contribution is 6.12. The predicted octanol–water partition coefficient (Wildman–Crippen LogP) is 2.73. The van der Waals surface area contributed by atoms with E-state index in [1.165, 1.54) is 6.92 Å². The van der Waals surface area contributed by atoms with Crippen LogP contribution in [0.3, 0.4) is 0 Å². The Balaban J connectivity index is 2.16. The fraction of sp³-hybridized carbons (Fsp3) is 0.438. The predicted molar refractivity (Wildman–Crippen MR) is 76.3 cm³/mol. The maximum absolute atomic E-state index is 12.5. The monoisotopic (exact) mass is 273 g/mol. The van der Waals surface area contributed by atoms with E-state index in [9.17, 15) is 14.4 Å². The molecular formula is C16H19NO3. The summed E-state index contributed by atoms with van der Waals surface area (Å²) < 4.78 is 0. The zero-order chi connectivity index (χ0) is 14.6. The Morgan fingerprint density at radius 1 is 1.25 bits per heavy atom. The maximum atomic E-state index is 12.5. The van der Waals surface area contributed by atoms with Gasteiger partial charge in [-0.15, -0.1) is 0 Å². The summed E-state index contributed by atoms with van der Waals surface area (Å²) in [6, 6.07) is 9.09. The second kappa shape index (κ2) is 5.99. The molecule has 20 heavy (non-hydrogen) atoms. The van der Waals surface area contributed by atoms with Gasteiger partial charge in [-0.2, -0.15) is 0 Å². The molecule has 1 aromatic carbocycles. The molecule has 0 radical (unpaired) electrons. The number of para-hydroxylation sites is 1. The van der Waals surface area contributed by atoms with Crippen molar-refractivity contribution in [3.63, 3.8) is 0 Å². The minimum Gasteiger partial charge on any atom is -0.325 e. The average Bonchev–Trinajstić information content (AvgIpc) is 2.80. The van der Waals surface area contributed by atoms with Gasteiger partial charge in [-0.1, -0.05) is 18.2 Å². The van der Waals surface area contributed by atoms with Gasteiger partial charge in [0.15, 0.2) is 0 Å². The lowest BCUT2D eigenvalue weighted by atomic mass is 9.79. The number of benzene rings is 1. The number of ketones is 2. The Morgan fingerprint density at radius 2 is 1.95 bits per heavy atom. The second-order valence-electron chi connectivity index (χ2n) is 5.38. The summed E-state index contributed by atoms with van der Waals surface area (Å²) in [5.41, 5.74) is -0.332. The third-order valence-electron chi connectivity index (χ3n) is 3.91. The van der Waals surface area contributed by atoms with E-state index in [-0.39, 0.29) is 23.9 Å². The van der Waals surface area contributed by atoms with E-state index in [0.717, 1.165) is 6.42 Å². The highest BCUT2D eigenvalue weighted by atomic mass is 16.2. The van der Waals surface area contributed by atoms with Gasteiger partial charge < -0.3 is 10.1 Å². The van der Waals surface area contributed by atoms with E-state index < -0.39 is 5.41 Å². The van der Waals surface area contributed by atoms with Crippen LogP contribution in [0, 0.1) is 5.41 Å². The van der Waals surface area contributed by atoms with Crippen molar-refractivity contribution in [1.82, 2.24) is 0 Å². The summed E-state index contributed by atoms with van der Waals surface area (Å²) in [4.78, 5) is 35.9. The first-order chi connectivity index (χ1) is 9.54. The molecule has 1 aliphatic carbocycles. The van der Waals surface area contributed by atoms with Crippen LogP contribution in [0.15, 0.2) is 30.3 Å². The zero-order valence-electron chi connectivity index (χ0n) is 11.6. The van der Waals surface area contributed by atoms with Crippen molar-refractivity contribution >= 4 is 23.2 Å². The number of anilines is 1. The van der Waals surface area contributed by atoms with Crippen LogP contribution in [0.4, 0.5) is 5.69 Å². The lowest BCUT2D eigenvalue weighted by Gasteiger charge is -2.25. The second-order valence-corrected chi connectivity index (χ2v) is 5.38. The Morgan fingerprint density at radius 3 is 2.50 bits per heavy atom. The van der Waals surface area contributed by atoms with Crippen molar-refractivity contribution in [1.29, 1.82) is 0 Å². The molecule has 0 aromatic heterocycles. The molecule has 0 saturated heterocycles. The van der Waals surface area contributed by atoms with Crippen LogP contribution in [0.5, 0.6) is 0 Å². The number of carbonyl (C=O) groups excluding carboxylic acids is 3. The van der Waals surface area contributed by atoms with Crippen molar-refractivity contribution in [3.05, 3.63) is 30.3 Å². The molecule has 4 heteroatoms. The van der Waals surface area contributed by atoms with Crippen molar-refractivity contribution in [2.45, 2.75) is 39.0 Å². The van der Waals surface area contributed by atoms with Gasteiger partial charge in [-0.25, -0.2) is 0 Å². The van der Waals surface area contributed by atoms with Gasteiger partial charge in [0.05, 0.1) is 0 Å². The molecular weight excluding hydrogens is 254 g/mol. The first-order valence-electron chi connectivity index (χ1n) is 6.94. The van der Waals surface area contributed by atoms with Crippen molar-refractivity contribution in [2.24, 2.45) is 5.41 Å². The number of nitrogens with one attached hydrogen (secondary N) is 1. The highest BCUT2D eigenvalue weighted by Gasteiger charge is 2.48. The summed E-state index contributed by atoms with van der Waals surface area (Å²) >= 11 is 0. The van der Waals surface area contributed by atoms with Crippen LogP contribution in [-0.2, 0) is 14.4 Å². The summed E-state index contributed by atoms with van der Waals surface area (Å²) in [5.74, 6) is -0.295. The Kier molecular flexibility index (Phi) is 4.32. The third-order valence-corrected chi connectivity index (χ3v) is 3.91. The molecule has 1 atom stereocenters. The molecule has 4 nitrogen and oxygen atoms in total. The quantitative estimate of drug-likeness (QED) is 0.839. The Bertz CT molecular complexity index is 524. The van der Waals surface area contributed by atoms with Gasteiger partial charge in [0.25, 0.3) is 0 Å². The number of carbonyl (C=O) groups is 3. The number of rotatable bonds is 5. The minimum atomic E-state index is -1.01. The standard InChI is InChI=1S/C16H19NO3/c1-12(18)9-11-16(10-5-8-14(16)19)15(20)17-13-6-3-2-4-7-13/h2-4,6-7H,5,8-11H2,1H3,(H,17,20)/t16-/m0/s1. The van der Waals surface area contributed by atoms with Crippen LogP contribution >= 0.6 is 0 Å². The van der Waals surface area contributed by atoms with Crippen LogP contribution in [-0.4, -0.2) is 17.5 Å². The topological polar surface area (TPSA) is 63.2 Å². The molecule has 106 valence electrons. The fourth-order valence-electron chi connectivity index (χ4n) is 2.71. The molecule has 1 saturated carbocycles. The largest absolute Gasteiger partial charge is 0.325 e. The van der Waals surface area contributed by atoms with Gasteiger partial charge >= 0.3 is 0 Å². The van der Waals surface area contributed by atoms with Gasteiger partial charge in [-0.3, -0.25) is 9.59 Å². The van der Waals surface area contributed by atoms with Crippen molar-refractivity contribution in [2.75, 3.05) is 5.32 Å². The van der Waals surface area contributed by atoms with E-state index >= 15 is 0 Å². The first kappa shape index (κ1) is 14.4. The highest BCUT2D eigenvalue weighted by Crippen LogP contribution is 2.40. The maximum Gasteiger partial charge on any atom is 0.238 e. The SMILES string of the molecule is CC(=O)CC[C@@]1(C(=O)Nc2ccccc2)CCCC1=O. The van der Waals surface area contributed by atoms with Crippen LogP contribution < -0.4 is 5.32 Å². The van der Waals surface area contributed by atoms with E-state index in [1.807, 2.05) is 18.2 Å². The number of hydrogen-bond acceptors (Lipinski definition) is 3. The zero-order valence-corrected chi connectivity index (χ0v) is 11.6. The van der Waals surface area contributed by atoms with Crippen LogP contribution in [0.1, 0.15) is 39.0 Å². The van der Waals surface area contributed by atoms with Crippen LogP contribution in [0.25, 0.3) is 0 Å².